The van der Waals surface area contributed by atoms with Gasteiger partial charge in [0.25, 0.3) is 0 Å². The topological polar surface area (TPSA) is 64.9 Å². The fraction of sp³-hybridized carbons (Fsp3) is 0.300. The van der Waals surface area contributed by atoms with E-state index in [0.29, 0.717) is 29.3 Å². The first-order valence-electron chi connectivity index (χ1n) is 8.11. The van der Waals surface area contributed by atoms with E-state index in [1.54, 1.807) is 18.2 Å². The first kappa shape index (κ1) is 17.6. The summed E-state index contributed by atoms with van der Waals surface area (Å²) >= 11 is 0. The molecule has 2 N–H and O–H groups in total. The molecule has 2 aromatic carbocycles. The average molecular weight is 321 g/mol. The summed E-state index contributed by atoms with van der Waals surface area (Å²) < 4.78 is 0. The molecule has 4 heteroatoms. The lowest BCUT2D eigenvalue weighted by Crippen LogP contribution is -2.33. The number of ketones is 1. The van der Waals surface area contributed by atoms with Gasteiger partial charge in [-0.3, -0.25) is 4.79 Å². The minimum absolute atomic E-state index is 0.00893. The van der Waals surface area contributed by atoms with E-state index in [1.165, 1.54) is 6.92 Å². The Morgan fingerprint density at radius 2 is 1.88 bits per heavy atom. The van der Waals surface area contributed by atoms with E-state index in [4.69, 9.17) is 0 Å². The molecular weight excluding hydrogens is 298 g/mol. The number of nitrogens with one attached hydrogen (secondary N) is 2. The number of nitriles is 1. The van der Waals surface area contributed by atoms with Crippen LogP contribution in [0.2, 0.25) is 0 Å². The predicted molar refractivity (Wildman–Crippen MR) is 98.3 cm³/mol. The average Bonchev–Trinajstić information content (AvgIpc) is 2.58. The van der Waals surface area contributed by atoms with Crippen molar-refractivity contribution in [2.24, 2.45) is 5.92 Å². The highest BCUT2D eigenvalue weighted by Crippen LogP contribution is 2.19. The van der Waals surface area contributed by atoms with E-state index >= 15 is 0 Å². The second kappa shape index (κ2) is 8.16. The number of rotatable bonds is 7. The Morgan fingerprint density at radius 1 is 1.17 bits per heavy atom. The van der Waals surface area contributed by atoms with Crippen molar-refractivity contribution in [2.45, 2.75) is 26.8 Å². The monoisotopic (exact) mass is 321 g/mol. The third-order valence-electron chi connectivity index (χ3n) is 3.99. The Labute approximate surface area is 143 Å². The van der Waals surface area contributed by atoms with E-state index in [-0.39, 0.29) is 11.8 Å². The molecule has 0 radical (unpaired) electrons. The Kier molecular flexibility index (Phi) is 5.97. The molecule has 24 heavy (non-hydrogen) atoms. The van der Waals surface area contributed by atoms with E-state index < -0.39 is 0 Å². The number of hydrogen-bond donors (Lipinski definition) is 2. The zero-order valence-electron chi connectivity index (χ0n) is 14.3. The van der Waals surface area contributed by atoms with Crippen LogP contribution >= 0.6 is 0 Å². The molecule has 0 spiro atoms. The number of para-hydroxylation sites is 1. The van der Waals surface area contributed by atoms with Gasteiger partial charge in [0.15, 0.2) is 5.78 Å². The molecule has 0 aliphatic heterocycles. The van der Waals surface area contributed by atoms with Crippen molar-refractivity contribution in [1.82, 2.24) is 0 Å². The molecule has 124 valence electrons. The third kappa shape index (κ3) is 4.60. The van der Waals surface area contributed by atoms with Gasteiger partial charge in [-0.2, -0.15) is 5.26 Å². The zero-order valence-corrected chi connectivity index (χ0v) is 14.3. The summed E-state index contributed by atoms with van der Waals surface area (Å²) in [6.07, 6.45) is 0. The fourth-order valence-electron chi connectivity index (χ4n) is 2.43. The molecule has 4 nitrogen and oxygen atoms in total. The van der Waals surface area contributed by atoms with Crippen LogP contribution in [0, 0.1) is 17.2 Å². The molecule has 0 heterocycles. The predicted octanol–water partition coefficient (Wildman–Crippen LogP) is 4.31. The number of Topliss-reactive ketones (excluding diaryl/α,β-unsaturated/α-hetero) is 1. The van der Waals surface area contributed by atoms with Crippen molar-refractivity contribution in [3.63, 3.8) is 0 Å². The molecule has 0 aliphatic rings. The van der Waals surface area contributed by atoms with Crippen LogP contribution in [0.4, 0.5) is 11.4 Å². The van der Waals surface area contributed by atoms with E-state index in [9.17, 15) is 10.1 Å². The Hall–Kier alpha value is -2.80. The lowest BCUT2D eigenvalue weighted by Gasteiger charge is -2.25. The Bertz CT molecular complexity index is 732. The van der Waals surface area contributed by atoms with Gasteiger partial charge in [-0.05, 0) is 43.2 Å². The quantitative estimate of drug-likeness (QED) is 0.746. The van der Waals surface area contributed by atoms with Crippen molar-refractivity contribution in [3.8, 4) is 6.07 Å². The summed E-state index contributed by atoms with van der Waals surface area (Å²) in [7, 11) is 0. The van der Waals surface area contributed by atoms with Crippen molar-refractivity contribution in [3.05, 3.63) is 59.7 Å². The van der Waals surface area contributed by atoms with Gasteiger partial charge in [0.2, 0.25) is 0 Å². The molecule has 0 saturated heterocycles. The molecule has 0 saturated carbocycles. The van der Waals surface area contributed by atoms with Gasteiger partial charge in [0.1, 0.15) is 6.07 Å². The minimum atomic E-state index is -0.00893. The highest BCUT2D eigenvalue weighted by atomic mass is 16.1. The number of carbonyl (C=O) groups is 1. The van der Waals surface area contributed by atoms with Crippen LogP contribution < -0.4 is 10.6 Å². The zero-order chi connectivity index (χ0) is 17.5. The lowest BCUT2D eigenvalue weighted by molar-refractivity contribution is 0.101. The second-order valence-electron chi connectivity index (χ2n) is 6.17. The number of benzene rings is 2. The highest BCUT2D eigenvalue weighted by molar-refractivity contribution is 5.95. The van der Waals surface area contributed by atoms with Crippen LogP contribution in [0.1, 0.15) is 36.7 Å². The maximum absolute atomic E-state index is 11.6. The van der Waals surface area contributed by atoms with Crippen LogP contribution in [-0.2, 0) is 0 Å². The van der Waals surface area contributed by atoms with Gasteiger partial charge < -0.3 is 10.6 Å². The van der Waals surface area contributed by atoms with Crippen LogP contribution in [0.5, 0.6) is 0 Å². The molecule has 1 unspecified atom stereocenters. The standard InChI is InChI=1S/C20H23N3O/c1-14(2)20(23-18-7-5-4-6-8-18)13-22-19-11-16(15(3)24)9-10-17(19)12-21/h4-11,14,20,22-23H,13H2,1-3H3. The maximum Gasteiger partial charge on any atom is 0.159 e. The molecule has 0 aromatic heterocycles. The summed E-state index contributed by atoms with van der Waals surface area (Å²) in [5, 5.41) is 16.1. The number of hydrogen-bond acceptors (Lipinski definition) is 4. The van der Waals surface area contributed by atoms with Crippen molar-refractivity contribution in [1.29, 1.82) is 5.26 Å². The summed E-state index contributed by atoms with van der Waals surface area (Å²) in [4.78, 5) is 11.6. The van der Waals surface area contributed by atoms with Gasteiger partial charge in [0, 0.05) is 23.8 Å². The number of anilines is 2. The molecular formula is C20H23N3O. The van der Waals surface area contributed by atoms with Crippen LogP contribution in [0.25, 0.3) is 0 Å². The van der Waals surface area contributed by atoms with E-state index in [2.05, 4.69) is 30.6 Å². The minimum Gasteiger partial charge on any atom is -0.382 e. The number of carbonyl (C=O) groups excluding carboxylic acids is 1. The highest BCUT2D eigenvalue weighted by Gasteiger charge is 2.14. The first-order chi connectivity index (χ1) is 11.5. The molecule has 0 fully saturated rings. The van der Waals surface area contributed by atoms with E-state index in [1.807, 2.05) is 30.3 Å². The normalized spacial score (nSPS) is 11.6. The van der Waals surface area contributed by atoms with Crippen LogP contribution in [-0.4, -0.2) is 18.4 Å². The molecule has 0 amide bonds. The fourth-order valence-corrected chi connectivity index (χ4v) is 2.43. The van der Waals surface area contributed by atoms with Crippen LogP contribution in [0.3, 0.4) is 0 Å². The SMILES string of the molecule is CC(=O)c1ccc(C#N)c(NCC(Nc2ccccc2)C(C)C)c1. The van der Waals surface area contributed by atoms with Gasteiger partial charge in [-0.15, -0.1) is 0 Å². The summed E-state index contributed by atoms with van der Waals surface area (Å²) in [6.45, 7) is 6.49. The summed E-state index contributed by atoms with van der Waals surface area (Å²) in [6, 6.07) is 17.5. The first-order valence-corrected chi connectivity index (χ1v) is 8.11. The molecule has 0 aliphatic carbocycles. The molecule has 1 atom stereocenters. The van der Waals surface area contributed by atoms with Gasteiger partial charge in [0.05, 0.1) is 11.3 Å². The molecule has 0 bridgehead atoms. The molecule has 2 aromatic rings. The van der Waals surface area contributed by atoms with E-state index in [0.717, 1.165) is 5.69 Å². The van der Waals surface area contributed by atoms with Gasteiger partial charge in [-0.25, -0.2) is 0 Å². The summed E-state index contributed by atoms with van der Waals surface area (Å²) in [5.41, 5.74) is 2.91. The molecule has 2 rings (SSSR count). The summed E-state index contributed by atoms with van der Waals surface area (Å²) in [5.74, 6) is 0.393. The van der Waals surface area contributed by atoms with Gasteiger partial charge in [-0.1, -0.05) is 32.0 Å². The maximum atomic E-state index is 11.6. The smallest absolute Gasteiger partial charge is 0.159 e. The lowest BCUT2D eigenvalue weighted by atomic mass is 10.0. The van der Waals surface area contributed by atoms with Crippen molar-refractivity contribution < 1.29 is 4.79 Å². The number of nitrogens with zero attached hydrogens (tertiary/aromatic N) is 1. The van der Waals surface area contributed by atoms with Gasteiger partial charge >= 0.3 is 0 Å². The van der Waals surface area contributed by atoms with Crippen molar-refractivity contribution in [2.75, 3.05) is 17.2 Å². The second-order valence-corrected chi connectivity index (χ2v) is 6.17. The Balaban J connectivity index is 2.13. The van der Waals surface area contributed by atoms with Crippen LogP contribution in [0.15, 0.2) is 48.5 Å². The third-order valence-corrected chi connectivity index (χ3v) is 3.99. The largest absolute Gasteiger partial charge is 0.382 e. The van der Waals surface area contributed by atoms with Crippen molar-refractivity contribution >= 4 is 17.2 Å². The Morgan fingerprint density at radius 3 is 2.46 bits per heavy atom.